The Morgan fingerprint density at radius 1 is 1.30 bits per heavy atom. The highest BCUT2D eigenvalue weighted by atomic mass is 19.1. The first-order valence-corrected chi connectivity index (χ1v) is 7.35. The number of imidazole rings is 1. The molecule has 0 aliphatic rings. The fourth-order valence-corrected chi connectivity index (χ4v) is 2.53. The lowest BCUT2D eigenvalue weighted by Crippen LogP contribution is -2.04. The Balaban J connectivity index is 2.07. The van der Waals surface area contributed by atoms with E-state index in [-0.39, 0.29) is 12.2 Å². The van der Waals surface area contributed by atoms with Crippen LogP contribution in [-0.4, -0.2) is 25.6 Å². The van der Waals surface area contributed by atoms with Crippen LogP contribution in [0.3, 0.4) is 0 Å². The zero-order valence-corrected chi connectivity index (χ0v) is 12.7. The predicted octanol–water partition coefficient (Wildman–Crippen LogP) is 3.41. The van der Waals surface area contributed by atoms with Gasteiger partial charge in [0.1, 0.15) is 17.2 Å². The lowest BCUT2D eigenvalue weighted by molar-refractivity contribution is -0.137. The molecule has 118 valence electrons. The number of carbonyl (C=O) groups is 1. The van der Waals surface area contributed by atoms with Crippen molar-refractivity contribution in [2.45, 2.75) is 26.3 Å². The SMILES string of the molecule is Cc1cnc2c(c1)nc(-c1ccc(F)cc1)n2CCCC(=O)O. The van der Waals surface area contributed by atoms with Crippen LogP contribution >= 0.6 is 0 Å². The average Bonchev–Trinajstić information content (AvgIpc) is 2.85. The molecule has 0 fully saturated rings. The molecule has 0 aliphatic carbocycles. The van der Waals surface area contributed by atoms with Crippen molar-refractivity contribution in [2.24, 2.45) is 0 Å². The summed E-state index contributed by atoms with van der Waals surface area (Å²) in [5.74, 6) is -0.471. The summed E-state index contributed by atoms with van der Waals surface area (Å²) < 4.78 is 15.0. The molecule has 0 atom stereocenters. The van der Waals surface area contributed by atoms with Gasteiger partial charge in [-0.05, 0) is 49.2 Å². The van der Waals surface area contributed by atoms with E-state index in [4.69, 9.17) is 5.11 Å². The number of aromatic nitrogens is 3. The number of hydrogen-bond donors (Lipinski definition) is 1. The van der Waals surface area contributed by atoms with E-state index < -0.39 is 5.97 Å². The first-order valence-electron chi connectivity index (χ1n) is 7.35. The van der Waals surface area contributed by atoms with Gasteiger partial charge in [-0.3, -0.25) is 4.79 Å². The van der Waals surface area contributed by atoms with Crippen molar-refractivity contribution in [3.63, 3.8) is 0 Å². The van der Waals surface area contributed by atoms with E-state index in [1.54, 1.807) is 18.3 Å². The highest BCUT2D eigenvalue weighted by molar-refractivity contribution is 5.77. The number of benzene rings is 1. The molecule has 0 amide bonds. The van der Waals surface area contributed by atoms with Gasteiger partial charge in [-0.15, -0.1) is 0 Å². The van der Waals surface area contributed by atoms with Gasteiger partial charge in [0.2, 0.25) is 0 Å². The van der Waals surface area contributed by atoms with Gasteiger partial charge >= 0.3 is 5.97 Å². The highest BCUT2D eigenvalue weighted by Gasteiger charge is 2.14. The second-order valence-electron chi connectivity index (χ2n) is 5.45. The number of hydrogen-bond acceptors (Lipinski definition) is 3. The Hall–Kier alpha value is -2.76. The van der Waals surface area contributed by atoms with Gasteiger partial charge in [-0.1, -0.05) is 0 Å². The van der Waals surface area contributed by atoms with E-state index in [1.165, 1.54) is 12.1 Å². The van der Waals surface area contributed by atoms with E-state index in [1.807, 2.05) is 17.6 Å². The van der Waals surface area contributed by atoms with Crippen LogP contribution in [0.2, 0.25) is 0 Å². The molecule has 1 N–H and O–H groups in total. The Morgan fingerprint density at radius 3 is 2.74 bits per heavy atom. The van der Waals surface area contributed by atoms with E-state index >= 15 is 0 Å². The van der Waals surface area contributed by atoms with Crippen molar-refractivity contribution >= 4 is 17.1 Å². The Kier molecular flexibility index (Phi) is 4.06. The van der Waals surface area contributed by atoms with E-state index in [0.717, 1.165) is 16.6 Å². The topological polar surface area (TPSA) is 68.0 Å². The van der Waals surface area contributed by atoms with Crippen molar-refractivity contribution in [3.8, 4) is 11.4 Å². The van der Waals surface area contributed by atoms with Crippen LogP contribution in [0.5, 0.6) is 0 Å². The number of halogens is 1. The van der Waals surface area contributed by atoms with Crippen LogP contribution in [0.15, 0.2) is 36.5 Å². The molecule has 0 bridgehead atoms. The van der Waals surface area contributed by atoms with Gasteiger partial charge in [-0.2, -0.15) is 0 Å². The second kappa shape index (κ2) is 6.16. The third-order valence-electron chi connectivity index (χ3n) is 3.60. The third-order valence-corrected chi connectivity index (χ3v) is 3.60. The van der Waals surface area contributed by atoms with Crippen LogP contribution in [0.25, 0.3) is 22.6 Å². The van der Waals surface area contributed by atoms with Crippen molar-refractivity contribution in [1.82, 2.24) is 14.5 Å². The maximum Gasteiger partial charge on any atom is 0.303 e. The lowest BCUT2D eigenvalue weighted by atomic mass is 10.2. The Labute approximate surface area is 132 Å². The van der Waals surface area contributed by atoms with Crippen molar-refractivity contribution in [3.05, 3.63) is 47.9 Å². The summed E-state index contributed by atoms with van der Waals surface area (Å²) in [6, 6.07) is 8.03. The number of aliphatic carboxylic acids is 1. The molecule has 1 aromatic carbocycles. The minimum atomic E-state index is -0.832. The molecule has 5 nitrogen and oxygen atoms in total. The predicted molar refractivity (Wildman–Crippen MR) is 84.5 cm³/mol. The fourth-order valence-electron chi connectivity index (χ4n) is 2.53. The zero-order valence-electron chi connectivity index (χ0n) is 12.7. The Morgan fingerprint density at radius 2 is 2.04 bits per heavy atom. The number of rotatable bonds is 5. The molecule has 0 aliphatic heterocycles. The van der Waals surface area contributed by atoms with Crippen LogP contribution in [0.1, 0.15) is 18.4 Å². The third kappa shape index (κ3) is 3.21. The molecular formula is C17H16FN3O2. The van der Waals surface area contributed by atoms with Crippen LogP contribution in [0, 0.1) is 12.7 Å². The number of carboxylic acid groups (broad SMARTS) is 1. The fraction of sp³-hybridized carbons (Fsp3) is 0.235. The molecular weight excluding hydrogens is 297 g/mol. The summed E-state index contributed by atoms with van der Waals surface area (Å²) in [6.07, 6.45) is 2.31. The summed E-state index contributed by atoms with van der Waals surface area (Å²) in [6.45, 7) is 2.43. The molecule has 0 radical (unpaired) electrons. The molecule has 6 heteroatoms. The monoisotopic (exact) mass is 313 g/mol. The van der Waals surface area contributed by atoms with Gasteiger partial charge in [0, 0.05) is 24.7 Å². The molecule has 3 rings (SSSR count). The maximum atomic E-state index is 13.1. The normalized spacial score (nSPS) is 11.0. The standard InChI is InChI=1S/C17H16FN3O2/c1-11-9-14-17(19-10-11)21(8-2-3-15(22)23)16(20-14)12-4-6-13(18)7-5-12/h4-7,9-10H,2-3,8H2,1H3,(H,22,23). The molecule has 0 spiro atoms. The first kappa shape index (κ1) is 15.1. The number of fused-ring (bicyclic) bond motifs is 1. The number of aryl methyl sites for hydroxylation is 2. The molecule has 0 saturated heterocycles. The van der Waals surface area contributed by atoms with Crippen LogP contribution in [-0.2, 0) is 11.3 Å². The van der Waals surface area contributed by atoms with Gasteiger partial charge in [0.15, 0.2) is 5.65 Å². The summed E-state index contributed by atoms with van der Waals surface area (Å²) in [7, 11) is 0. The Bertz CT molecular complexity index is 856. The summed E-state index contributed by atoms with van der Waals surface area (Å²) in [4.78, 5) is 19.8. The number of pyridine rings is 1. The van der Waals surface area contributed by atoms with Crippen LogP contribution in [0.4, 0.5) is 4.39 Å². The van der Waals surface area contributed by atoms with E-state index in [2.05, 4.69) is 9.97 Å². The van der Waals surface area contributed by atoms with Crippen molar-refractivity contribution in [1.29, 1.82) is 0 Å². The lowest BCUT2D eigenvalue weighted by Gasteiger charge is -2.08. The van der Waals surface area contributed by atoms with Gasteiger partial charge in [0.25, 0.3) is 0 Å². The zero-order chi connectivity index (χ0) is 16.4. The molecule has 0 unspecified atom stereocenters. The van der Waals surface area contributed by atoms with Crippen molar-refractivity contribution < 1.29 is 14.3 Å². The van der Waals surface area contributed by atoms with Gasteiger partial charge in [0.05, 0.1) is 0 Å². The highest BCUT2D eigenvalue weighted by Crippen LogP contribution is 2.25. The first-order chi connectivity index (χ1) is 11.0. The smallest absolute Gasteiger partial charge is 0.303 e. The minimum Gasteiger partial charge on any atom is -0.481 e. The number of carboxylic acids is 1. The minimum absolute atomic E-state index is 0.0778. The van der Waals surface area contributed by atoms with Gasteiger partial charge < -0.3 is 9.67 Å². The number of nitrogens with zero attached hydrogens (tertiary/aromatic N) is 3. The van der Waals surface area contributed by atoms with Gasteiger partial charge in [-0.25, -0.2) is 14.4 Å². The molecule has 0 saturated carbocycles. The quantitative estimate of drug-likeness (QED) is 0.784. The largest absolute Gasteiger partial charge is 0.481 e. The summed E-state index contributed by atoms with van der Waals surface area (Å²) in [5.41, 5.74) is 3.23. The molecule has 2 aromatic heterocycles. The molecule has 23 heavy (non-hydrogen) atoms. The summed E-state index contributed by atoms with van der Waals surface area (Å²) in [5, 5.41) is 8.83. The average molecular weight is 313 g/mol. The van der Waals surface area contributed by atoms with Crippen LogP contribution < -0.4 is 0 Å². The summed E-state index contributed by atoms with van der Waals surface area (Å²) >= 11 is 0. The molecule has 3 aromatic rings. The van der Waals surface area contributed by atoms with Crippen molar-refractivity contribution in [2.75, 3.05) is 0 Å². The van der Waals surface area contributed by atoms with E-state index in [9.17, 15) is 9.18 Å². The van der Waals surface area contributed by atoms with E-state index in [0.29, 0.717) is 24.4 Å². The molecule has 2 heterocycles. The maximum absolute atomic E-state index is 13.1. The second-order valence-corrected chi connectivity index (χ2v) is 5.45.